The number of esters is 1. The van der Waals surface area contributed by atoms with Gasteiger partial charge in [-0.3, -0.25) is 10.1 Å². The Morgan fingerprint density at radius 1 is 1.00 bits per heavy atom. The third kappa shape index (κ3) is 5.46. The maximum Gasteiger partial charge on any atom is 0.339 e. The summed E-state index contributed by atoms with van der Waals surface area (Å²) in [6.45, 7) is 1.38. The van der Waals surface area contributed by atoms with E-state index in [1.165, 1.54) is 12.5 Å². The summed E-state index contributed by atoms with van der Waals surface area (Å²) in [4.78, 5) is 34.7. The van der Waals surface area contributed by atoms with Gasteiger partial charge in [0.25, 0.3) is 5.91 Å². The van der Waals surface area contributed by atoms with E-state index in [0.29, 0.717) is 12.0 Å². The number of primary amides is 1. The number of nitrogens with two attached hydrogens (primary N) is 1. The molecule has 0 radical (unpaired) electrons. The van der Waals surface area contributed by atoms with Crippen molar-refractivity contribution < 1.29 is 19.1 Å². The minimum absolute atomic E-state index is 0.400. The van der Waals surface area contributed by atoms with Crippen LogP contribution in [0.2, 0.25) is 0 Å². The molecule has 130 valence electrons. The van der Waals surface area contributed by atoms with Crippen molar-refractivity contribution in [2.24, 2.45) is 5.73 Å². The maximum absolute atomic E-state index is 12.4. The van der Waals surface area contributed by atoms with Crippen molar-refractivity contribution in [2.75, 3.05) is 0 Å². The Bertz CT molecular complexity index is 759. The van der Waals surface area contributed by atoms with E-state index < -0.39 is 24.0 Å². The van der Waals surface area contributed by atoms with Crippen LogP contribution < -0.4 is 11.1 Å². The van der Waals surface area contributed by atoms with E-state index in [0.717, 1.165) is 12.0 Å². The van der Waals surface area contributed by atoms with Gasteiger partial charge in [0.15, 0.2) is 6.10 Å². The van der Waals surface area contributed by atoms with Crippen LogP contribution in [-0.2, 0) is 22.4 Å². The fraction of sp³-hybridized carbons (Fsp3) is 0.211. The van der Waals surface area contributed by atoms with Gasteiger partial charge in [-0.1, -0.05) is 48.5 Å². The lowest BCUT2D eigenvalue weighted by atomic mass is 10.00. The monoisotopic (exact) mass is 340 g/mol. The van der Waals surface area contributed by atoms with Gasteiger partial charge >= 0.3 is 12.0 Å². The number of nitrogens with one attached hydrogen (secondary N) is 1. The molecule has 0 aliphatic rings. The highest BCUT2D eigenvalue weighted by Gasteiger charge is 2.21. The number of carbonyl (C=O) groups is 3. The fourth-order valence-electron chi connectivity index (χ4n) is 2.36. The standard InChI is InChI=1S/C19H20N2O4/c1-13(17(22)21-19(20)24)25-18(23)16-10-6-5-9-15(16)12-11-14-7-3-2-4-8-14/h2-10,13H,11-12H2,1H3,(H3,20,21,22,24). The van der Waals surface area contributed by atoms with Crippen molar-refractivity contribution in [1.82, 2.24) is 5.32 Å². The molecule has 0 saturated heterocycles. The Balaban J connectivity index is 2.04. The molecule has 0 bridgehead atoms. The molecule has 2 aromatic carbocycles. The van der Waals surface area contributed by atoms with E-state index in [-0.39, 0.29) is 0 Å². The highest BCUT2D eigenvalue weighted by Crippen LogP contribution is 2.15. The van der Waals surface area contributed by atoms with Crippen LogP contribution in [0.15, 0.2) is 54.6 Å². The van der Waals surface area contributed by atoms with Gasteiger partial charge in [0, 0.05) is 0 Å². The fourth-order valence-corrected chi connectivity index (χ4v) is 2.36. The van der Waals surface area contributed by atoms with Crippen LogP contribution in [0.1, 0.15) is 28.4 Å². The van der Waals surface area contributed by atoms with Crippen molar-refractivity contribution in [2.45, 2.75) is 25.9 Å². The number of benzene rings is 2. The molecule has 3 N–H and O–H groups in total. The SMILES string of the molecule is CC(OC(=O)c1ccccc1CCc1ccccc1)C(=O)NC(N)=O. The summed E-state index contributed by atoms with van der Waals surface area (Å²) < 4.78 is 5.13. The van der Waals surface area contributed by atoms with E-state index >= 15 is 0 Å². The molecule has 6 heteroatoms. The van der Waals surface area contributed by atoms with E-state index in [1.807, 2.05) is 47.8 Å². The molecule has 25 heavy (non-hydrogen) atoms. The quantitative estimate of drug-likeness (QED) is 0.788. The van der Waals surface area contributed by atoms with Crippen molar-refractivity contribution >= 4 is 17.9 Å². The first-order valence-electron chi connectivity index (χ1n) is 7.90. The highest BCUT2D eigenvalue weighted by molar-refractivity contribution is 5.98. The first-order chi connectivity index (χ1) is 12.0. The molecule has 0 saturated carbocycles. The number of urea groups is 1. The molecule has 3 amide bonds. The van der Waals surface area contributed by atoms with E-state index in [2.05, 4.69) is 0 Å². The van der Waals surface area contributed by atoms with Crippen LogP contribution in [0.25, 0.3) is 0 Å². The zero-order chi connectivity index (χ0) is 18.2. The molecule has 1 atom stereocenters. The molecule has 0 aliphatic heterocycles. The third-order valence-electron chi connectivity index (χ3n) is 3.66. The molecule has 2 rings (SSSR count). The van der Waals surface area contributed by atoms with Gasteiger partial charge in [0.1, 0.15) is 0 Å². The lowest BCUT2D eigenvalue weighted by Crippen LogP contribution is -2.42. The van der Waals surface area contributed by atoms with Crippen molar-refractivity contribution in [3.63, 3.8) is 0 Å². The Morgan fingerprint density at radius 2 is 1.64 bits per heavy atom. The number of amides is 3. The number of aryl methyl sites for hydroxylation is 2. The smallest absolute Gasteiger partial charge is 0.339 e. The summed E-state index contributed by atoms with van der Waals surface area (Å²) >= 11 is 0. The Morgan fingerprint density at radius 3 is 2.32 bits per heavy atom. The van der Waals surface area contributed by atoms with E-state index in [4.69, 9.17) is 10.5 Å². The summed E-state index contributed by atoms with van der Waals surface area (Å²) in [6, 6.07) is 16.0. The number of hydrogen-bond acceptors (Lipinski definition) is 4. The van der Waals surface area contributed by atoms with Gasteiger partial charge in [0.2, 0.25) is 0 Å². The topological polar surface area (TPSA) is 98.5 Å². The van der Waals surface area contributed by atoms with Crippen LogP contribution in [0.4, 0.5) is 4.79 Å². The highest BCUT2D eigenvalue weighted by atomic mass is 16.5. The van der Waals surface area contributed by atoms with Crippen LogP contribution in [0.5, 0.6) is 0 Å². The summed E-state index contributed by atoms with van der Waals surface area (Å²) in [6.07, 6.45) is 0.321. The maximum atomic E-state index is 12.4. The number of rotatable bonds is 6. The van der Waals surface area contributed by atoms with E-state index in [9.17, 15) is 14.4 Å². The number of ether oxygens (including phenoxy) is 1. The molecule has 0 spiro atoms. The number of carbonyl (C=O) groups excluding carboxylic acids is 3. The molecular formula is C19H20N2O4. The minimum atomic E-state index is -1.12. The van der Waals surface area contributed by atoms with Gasteiger partial charge in [0.05, 0.1) is 5.56 Å². The third-order valence-corrected chi connectivity index (χ3v) is 3.66. The Kier molecular flexibility index (Phi) is 6.28. The molecule has 0 fully saturated rings. The largest absolute Gasteiger partial charge is 0.449 e. The van der Waals surface area contributed by atoms with Crippen molar-refractivity contribution in [1.29, 1.82) is 0 Å². The first kappa shape index (κ1) is 18.2. The van der Waals surface area contributed by atoms with Gasteiger partial charge in [-0.05, 0) is 37.0 Å². The van der Waals surface area contributed by atoms with Gasteiger partial charge in [-0.15, -0.1) is 0 Å². The molecular weight excluding hydrogens is 320 g/mol. The lowest BCUT2D eigenvalue weighted by Gasteiger charge is -2.14. The second-order valence-corrected chi connectivity index (χ2v) is 5.54. The zero-order valence-corrected chi connectivity index (χ0v) is 13.9. The predicted octanol–water partition coefficient (Wildman–Crippen LogP) is 2.21. The van der Waals surface area contributed by atoms with Gasteiger partial charge in [-0.25, -0.2) is 9.59 Å². The number of hydrogen-bond donors (Lipinski definition) is 2. The first-order valence-corrected chi connectivity index (χ1v) is 7.90. The summed E-state index contributed by atoms with van der Waals surface area (Å²) in [7, 11) is 0. The van der Waals surface area contributed by atoms with Crippen molar-refractivity contribution in [3.8, 4) is 0 Å². The van der Waals surface area contributed by atoms with Crippen LogP contribution in [-0.4, -0.2) is 24.0 Å². The molecule has 1 unspecified atom stereocenters. The summed E-state index contributed by atoms with van der Waals surface area (Å²) in [5.74, 6) is -1.38. The average molecular weight is 340 g/mol. The number of imide groups is 1. The summed E-state index contributed by atoms with van der Waals surface area (Å²) in [5, 5.41) is 1.88. The second kappa shape index (κ2) is 8.63. The van der Waals surface area contributed by atoms with E-state index in [1.54, 1.807) is 12.1 Å². The zero-order valence-electron chi connectivity index (χ0n) is 13.9. The Labute approximate surface area is 146 Å². The van der Waals surface area contributed by atoms with Crippen molar-refractivity contribution in [3.05, 3.63) is 71.3 Å². The predicted molar refractivity (Wildman–Crippen MR) is 92.9 cm³/mol. The van der Waals surface area contributed by atoms with Crippen LogP contribution >= 0.6 is 0 Å². The van der Waals surface area contributed by atoms with Crippen LogP contribution in [0, 0.1) is 0 Å². The van der Waals surface area contributed by atoms with Gasteiger partial charge in [-0.2, -0.15) is 0 Å². The molecule has 0 aromatic heterocycles. The van der Waals surface area contributed by atoms with Crippen LogP contribution in [0.3, 0.4) is 0 Å². The molecule has 6 nitrogen and oxygen atoms in total. The average Bonchev–Trinajstić information content (AvgIpc) is 2.60. The Hall–Kier alpha value is -3.15. The normalized spacial score (nSPS) is 11.4. The lowest BCUT2D eigenvalue weighted by molar-refractivity contribution is -0.127. The van der Waals surface area contributed by atoms with Gasteiger partial charge < -0.3 is 10.5 Å². The summed E-state index contributed by atoms with van der Waals surface area (Å²) in [5.41, 5.74) is 7.28. The molecule has 0 heterocycles. The molecule has 2 aromatic rings. The second-order valence-electron chi connectivity index (χ2n) is 5.54. The molecule has 0 aliphatic carbocycles. The minimum Gasteiger partial charge on any atom is -0.449 e.